The van der Waals surface area contributed by atoms with Crippen LogP contribution < -0.4 is 14.8 Å². The Balaban J connectivity index is 1.93. The fourth-order valence-corrected chi connectivity index (χ4v) is 3.11. The summed E-state index contributed by atoms with van der Waals surface area (Å²) in [5.74, 6) is 1.24. The molecule has 1 N–H and O–H groups in total. The lowest BCUT2D eigenvalue weighted by Crippen LogP contribution is -2.40. The predicted molar refractivity (Wildman–Crippen MR) is 96.0 cm³/mol. The Kier molecular flexibility index (Phi) is 7.37. The second kappa shape index (κ2) is 9.52. The molecule has 1 fully saturated rings. The average Bonchev–Trinajstić information content (AvgIpc) is 3.07. The van der Waals surface area contributed by atoms with E-state index in [1.54, 1.807) is 19.2 Å². The monoisotopic (exact) mass is 334 g/mol. The molecule has 1 aliphatic heterocycles. The lowest BCUT2D eigenvalue weighted by Gasteiger charge is -2.23. The Bertz CT molecular complexity index is 533. The molecule has 0 aliphatic carbocycles. The molecule has 1 aromatic rings. The van der Waals surface area contributed by atoms with Crippen molar-refractivity contribution >= 4 is 5.91 Å². The van der Waals surface area contributed by atoms with Crippen LogP contribution in [0.15, 0.2) is 18.2 Å². The first-order valence-electron chi connectivity index (χ1n) is 9.02. The van der Waals surface area contributed by atoms with E-state index in [1.165, 1.54) is 6.42 Å². The highest BCUT2D eigenvalue weighted by Crippen LogP contribution is 2.28. The van der Waals surface area contributed by atoms with E-state index in [-0.39, 0.29) is 5.91 Å². The summed E-state index contributed by atoms with van der Waals surface area (Å²) < 4.78 is 11.1. The van der Waals surface area contributed by atoms with Crippen LogP contribution in [-0.4, -0.2) is 50.2 Å². The van der Waals surface area contributed by atoms with E-state index in [0.29, 0.717) is 36.3 Å². The summed E-state index contributed by atoms with van der Waals surface area (Å²) in [7, 11) is 1.60. The van der Waals surface area contributed by atoms with Crippen LogP contribution in [0.2, 0.25) is 0 Å². The minimum Gasteiger partial charge on any atom is -0.493 e. The Hall–Kier alpha value is -1.75. The van der Waals surface area contributed by atoms with Gasteiger partial charge in [-0.25, -0.2) is 0 Å². The van der Waals surface area contributed by atoms with Gasteiger partial charge >= 0.3 is 0 Å². The Morgan fingerprint density at radius 2 is 2.17 bits per heavy atom. The molecule has 0 spiro atoms. The largest absolute Gasteiger partial charge is 0.493 e. The smallest absolute Gasteiger partial charge is 0.251 e. The third-order valence-corrected chi connectivity index (χ3v) is 4.58. The van der Waals surface area contributed by atoms with E-state index in [4.69, 9.17) is 9.47 Å². The highest BCUT2D eigenvalue weighted by atomic mass is 16.5. The van der Waals surface area contributed by atoms with E-state index >= 15 is 0 Å². The van der Waals surface area contributed by atoms with Crippen LogP contribution in [0.25, 0.3) is 0 Å². The van der Waals surface area contributed by atoms with Crippen LogP contribution in [0.4, 0.5) is 0 Å². The van der Waals surface area contributed by atoms with Gasteiger partial charge in [0.15, 0.2) is 11.5 Å². The van der Waals surface area contributed by atoms with Gasteiger partial charge in [0.05, 0.1) is 13.7 Å². The second-order valence-electron chi connectivity index (χ2n) is 6.20. The lowest BCUT2D eigenvalue weighted by atomic mass is 10.1. The SMILES string of the molecule is CCCCOc1ccc(C(=O)NCC2CCCN2CC)cc1OC. The summed E-state index contributed by atoms with van der Waals surface area (Å²) in [4.78, 5) is 14.8. The molecular weight excluding hydrogens is 304 g/mol. The van der Waals surface area contributed by atoms with Crippen molar-refractivity contribution in [3.63, 3.8) is 0 Å². The third kappa shape index (κ3) is 4.87. The minimum absolute atomic E-state index is 0.0589. The number of ether oxygens (including phenoxy) is 2. The number of nitrogens with zero attached hydrogens (tertiary/aromatic N) is 1. The Morgan fingerprint density at radius 3 is 2.88 bits per heavy atom. The van der Waals surface area contributed by atoms with Crippen LogP contribution in [0.1, 0.15) is 49.9 Å². The molecule has 0 saturated carbocycles. The zero-order chi connectivity index (χ0) is 17.4. The number of likely N-dealkylation sites (N-methyl/N-ethyl adjacent to an activating group) is 1. The number of rotatable bonds is 9. The average molecular weight is 334 g/mol. The van der Waals surface area contributed by atoms with Gasteiger partial charge in [-0.05, 0) is 50.6 Å². The minimum atomic E-state index is -0.0589. The zero-order valence-corrected chi connectivity index (χ0v) is 15.1. The molecule has 1 aliphatic rings. The number of hydrogen-bond acceptors (Lipinski definition) is 4. The van der Waals surface area contributed by atoms with Gasteiger partial charge in [-0.2, -0.15) is 0 Å². The molecule has 134 valence electrons. The summed E-state index contributed by atoms with van der Waals surface area (Å²) in [5, 5.41) is 3.05. The number of nitrogens with one attached hydrogen (secondary N) is 1. The van der Waals surface area contributed by atoms with Crippen molar-refractivity contribution in [2.24, 2.45) is 0 Å². The molecule has 1 atom stereocenters. The molecule has 0 bridgehead atoms. The van der Waals surface area contributed by atoms with Crippen LogP contribution in [0.5, 0.6) is 11.5 Å². The summed E-state index contributed by atoms with van der Waals surface area (Å²) in [6.07, 6.45) is 4.45. The molecule has 1 unspecified atom stereocenters. The Morgan fingerprint density at radius 1 is 1.33 bits per heavy atom. The lowest BCUT2D eigenvalue weighted by molar-refractivity contribution is 0.0941. The number of likely N-dealkylation sites (tertiary alicyclic amines) is 1. The van der Waals surface area contributed by atoms with Crippen LogP contribution >= 0.6 is 0 Å². The van der Waals surface area contributed by atoms with Crippen molar-refractivity contribution in [2.75, 3.05) is 33.4 Å². The highest BCUT2D eigenvalue weighted by Gasteiger charge is 2.23. The Labute approximate surface area is 145 Å². The molecule has 1 heterocycles. The number of methoxy groups -OCH3 is 1. The molecule has 1 amide bonds. The molecular formula is C19H30N2O3. The van der Waals surface area contributed by atoms with Crippen molar-refractivity contribution in [2.45, 2.75) is 45.6 Å². The van der Waals surface area contributed by atoms with Crippen molar-refractivity contribution < 1.29 is 14.3 Å². The first-order valence-corrected chi connectivity index (χ1v) is 9.02. The standard InChI is InChI=1S/C19H30N2O3/c1-4-6-12-24-17-10-9-15(13-18(17)23-3)19(22)20-14-16-8-7-11-21(16)5-2/h9-10,13,16H,4-8,11-12,14H2,1-3H3,(H,20,22). The van der Waals surface area contributed by atoms with Gasteiger partial charge in [-0.3, -0.25) is 9.69 Å². The maximum Gasteiger partial charge on any atom is 0.251 e. The number of carbonyl (C=O) groups excluding carboxylic acids is 1. The van der Waals surface area contributed by atoms with Crippen molar-refractivity contribution in [1.82, 2.24) is 10.2 Å². The van der Waals surface area contributed by atoms with Crippen LogP contribution in [0.3, 0.4) is 0 Å². The zero-order valence-electron chi connectivity index (χ0n) is 15.1. The predicted octanol–water partition coefficient (Wildman–Crippen LogP) is 3.09. The van der Waals surface area contributed by atoms with Gasteiger partial charge in [-0.15, -0.1) is 0 Å². The fourth-order valence-electron chi connectivity index (χ4n) is 3.11. The fraction of sp³-hybridized carbons (Fsp3) is 0.632. The highest BCUT2D eigenvalue weighted by molar-refractivity contribution is 5.94. The molecule has 5 nitrogen and oxygen atoms in total. The van der Waals surface area contributed by atoms with E-state index < -0.39 is 0 Å². The van der Waals surface area contributed by atoms with E-state index in [0.717, 1.165) is 32.4 Å². The summed E-state index contributed by atoms with van der Waals surface area (Å²) in [5.41, 5.74) is 0.607. The van der Waals surface area contributed by atoms with Crippen LogP contribution in [-0.2, 0) is 0 Å². The quantitative estimate of drug-likeness (QED) is 0.705. The molecule has 0 radical (unpaired) electrons. The van der Waals surface area contributed by atoms with E-state index in [9.17, 15) is 4.79 Å². The van der Waals surface area contributed by atoms with Crippen molar-refractivity contribution in [3.8, 4) is 11.5 Å². The third-order valence-electron chi connectivity index (χ3n) is 4.58. The number of unbranched alkanes of at least 4 members (excludes halogenated alkanes) is 1. The molecule has 1 saturated heterocycles. The maximum absolute atomic E-state index is 12.4. The molecule has 0 aromatic heterocycles. The number of benzene rings is 1. The van der Waals surface area contributed by atoms with E-state index in [1.807, 2.05) is 6.07 Å². The first kappa shape index (κ1) is 18.6. The summed E-state index contributed by atoms with van der Waals surface area (Å²) in [6, 6.07) is 5.82. The summed E-state index contributed by atoms with van der Waals surface area (Å²) in [6.45, 7) is 7.82. The van der Waals surface area contributed by atoms with Gasteiger partial charge < -0.3 is 14.8 Å². The number of hydrogen-bond donors (Lipinski definition) is 1. The van der Waals surface area contributed by atoms with Crippen molar-refractivity contribution in [3.05, 3.63) is 23.8 Å². The van der Waals surface area contributed by atoms with Gasteiger partial charge in [0.25, 0.3) is 5.91 Å². The van der Waals surface area contributed by atoms with Gasteiger partial charge in [0.1, 0.15) is 0 Å². The molecule has 5 heteroatoms. The molecule has 1 aromatic carbocycles. The molecule has 24 heavy (non-hydrogen) atoms. The van der Waals surface area contributed by atoms with Gasteiger partial charge in [0, 0.05) is 18.2 Å². The normalized spacial score (nSPS) is 17.7. The number of carbonyl (C=O) groups is 1. The summed E-state index contributed by atoms with van der Waals surface area (Å²) >= 11 is 0. The number of amides is 1. The van der Waals surface area contributed by atoms with Crippen LogP contribution in [0, 0.1) is 0 Å². The first-order chi connectivity index (χ1) is 11.7. The van der Waals surface area contributed by atoms with Gasteiger partial charge in [0.2, 0.25) is 0 Å². The topological polar surface area (TPSA) is 50.8 Å². The molecule has 2 rings (SSSR count). The maximum atomic E-state index is 12.4. The van der Waals surface area contributed by atoms with Gasteiger partial charge in [-0.1, -0.05) is 20.3 Å². The second-order valence-corrected chi connectivity index (χ2v) is 6.20. The van der Waals surface area contributed by atoms with E-state index in [2.05, 4.69) is 24.1 Å². The van der Waals surface area contributed by atoms with Crippen molar-refractivity contribution in [1.29, 1.82) is 0 Å².